The summed E-state index contributed by atoms with van der Waals surface area (Å²) in [6, 6.07) is 9.36. The van der Waals surface area contributed by atoms with Crippen molar-refractivity contribution in [2.45, 2.75) is 11.4 Å². The number of anilines is 1. The van der Waals surface area contributed by atoms with Gasteiger partial charge in [0.25, 0.3) is 15.9 Å². The fraction of sp³-hybridized carbons (Fsp3) is 0.0588. The van der Waals surface area contributed by atoms with Gasteiger partial charge < -0.3 is 5.32 Å². The van der Waals surface area contributed by atoms with Crippen LogP contribution in [0, 0.1) is 5.82 Å². The summed E-state index contributed by atoms with van der Waals surface area (Å²) in [6.07, 6.45) is 1.49. The van der Waals surface area contributed by atoms with Crippen LogP contribution in [0.25, 0.3) is 0 Å². The van der Waals surface area contributed by atoms with Crippen molar-refractivity contribution < 1.29 is 17.6 Å². The normalized spacial score (nSPS) is 11.2. The van der Waals surface area contributed by atoms with E-state index < -0.39 is 21.7 Å². The van der Waals surface area contributed by atoms with Crippen molar-refractivity contribution in [3.63, 3.8) is 0 Å². The van der Waals surface area contributed by atoms with Gasteiger partial charge in [-0.1, -0.05) is 17.7 Å². The van der Waals surface area contributed by atoms with Crippen LogP contribution >= 0.6 is 22.9 Å². The van der Waals surface area contributed by atoms with Crippen molar-refractivity contribution in [2.75, 3.05) is 4.72 Å². The molecule has 0 spiro atoms. The van der Waals surface area contributed by atoms with Crippen LogP contribution in [-0.4, -0.2) is 19.3 Å². The number of sulfonamides is 1. The summed E-state index contributed by atoms with van der Waals surface area (Å²) in [5, 5.41) is 4.77. The third-order valence-electron chi connectivity index (χ3n) is 3.54. The number of thiazole rings is 1. The van der Waals surface area contributed by atoms with Crippen molar-refractivity contribution >= 4 is 44.0 Å². The van der Waals surface area contributed by atoms with E-state index >= 15 is 0 Å². The number of rotatable bonds is 6. The van der Waals surface area contributed by atoms with E-state index in [-0.39, 0.29) is 27.2 Å². The van der Waals surface area contributed by atoms with Crippen molar-refractivity contribution in [1.29, 1.82) is 0 Å². The second-order valence-electron chi connectivity index (χ2n) is 5.39. The Bertz CT molecular complexity index is 1060. The van der Waals surface area contributed by atoms with Crippen LogP contribution < -0.4 is 10.0 Å². The van der Waals surface area contributed by atoms with Crippen LogP contribution in [0.15, 0.2) is 58.9 Å². The molecule has 2 aromatic carbocycles. The average Bonchev–Trinajstić information content (AvgIpc) is 3.13. The van der Waals surface area contributed by atoms with Gasteiger partial charge in [0.15, 0.2) is 5.13 Å². The first-order valence-electron chi connectivity index (χ1n) is 7.60. The second kappa shape index (κ2) is 8.03. The number of nitrogens with one attached hydrogen (secondary N) is 2. The molecule has 0 aliphatic rings. The lowest BCUT2D eigenvalue weighted by Gasteiger charge is -2.09. The van der Waals surface area contributed by atoms with E-state index in [2.05, 4.69) is 15.0 Å². The predicted octanol–water partition coefficient (Wildman–Crippen LogP) is 3.67. The Kier molecular flexibility index (Phi) is 5.73. The van der Waals surface area contributed by atoms with Gasteiger partial charge in [-0.2, -0.15) is 0 Å². The average molecular weight is 426 g/mol. The van der Waals surface area contributed by atoms with Crippen molar-refractivity contribution in [3.8, 4) is 0 Å². The Balaban J connectivity index is 1.66. The highest BCUT2D eigenvalue weighted by atomic mass is 35.5. The zero-order valence-corrected chi connectivity index (χ0v) is 16.0. The molecule has 3 rings (SSSR count). The van der Waals surface area contributed by atoms with Crippen LogP contribution in [0.4, 0.5) is 9.52 Å². The molecule has 3 aromatic rings. The predicted molar refractivity (Wildman–Crippen MR) is 102 cm³/mol. The van der Waals surface area contributed by atoms with Gasteiger partial charge in [-0.15, -0.1) is 11.3 Å². The topological polar surface area (TPSA) is 88.2 Å². The minimum atomic E-state index is -3.78. The lowest BCUT2D eigenvalue weighted by molar-refractivity contribution is 0.0951. The zero-order valence-electron chi connectivity index (χ0n) is 13.6. The maximum Gasteiger partial charge on any atom is 0.263 e. The summed E-state index contributed by atoms with van der Waals surface area (Å²) in [4.78, 5) is 16.1. The molecule has 0 aliphatic heterocycles. The van der Waals surface area contributed by atoms with Gasteiger partial charge in [0.1, 0.15) is 5.82 Å². The summed E-state index contributed by atoms with van der Waals surface area (Å²) in [5.41, 5.74) is 0.847. The summed E-state index contributed by atoms with van der Waals surface area (Å²) in [5.74, 6) is -0.870. The van der Waals surface area contributed by atoms with Gasteiger partial charge in [0.2, 0.25) is 0 Å². The number of carbonyl (C=O) groups is 1. The van der Waals surface area contributed by atoms with E-state index in [1.807, 2.05) is 0 Å². The molecule has 1 amide bonds. The molecular weight excluding hydrogens is 413 g/mol. The third-order valence-corrected chi connectivity index (χ3v) is 6.06. The summed E-state index contributed by atoms with van der Waals surface area (Å²) < 4.78 is 39.9. The monoisotopic (exact) mass is 425 g/mol. The summed E-state index contributed by atoms with van der Waals surface area (Å²) in [7, 11) is -3.78. The quantitative estimate of drug-likeness (QED) is 0.630. The van der Waals surface area contributed by atoms with Gasteiger partial charge >= 0.3 is 0 Å². The molecular formula is C17H13ClFN3O3S2. The number of benzene rings is 2. The number of hydrogen-bond acceptors (Lipinski definition) is 5. The minimum Gasteiger partial charge on any atom is -0.348 e. The largest absolute Gasteiger partial charge is 0.348 e. The van der Waals surface area contributed by atoms with E-state index in [4.69, 9.17) is 11.6 Å². The number of aromatic nitrogens is 1. The molecule has 0 fully saturated rings. The lowest BCUT2D eigenvalue weighted by atomic mass is 10.2. The molecule has 0 atom stereocenters. The molecule has 0 saturated carbocycles. The molecule has 0 saturated heterocycles. The van der Waals surface area contributed by atoms with Crippen LogP contribution in [0.2, 0.25) is 5.02 Å². The van der Waals surface area contributed by atoms with E-state index in [1.54, 1.807) is 5.38 Å². The lowest BCUT2D eigenvalue weighted by Crippen LogP contribution is -2.23. The zero-order chi connectivity index (χ0) is 19.4. The van der Waals surface area contributed by atoms with Crippen molar-refractivity contribution in [1.82, 2.24) is 10.3 Å². The molecule has 140 valence electrons. The number of nitrogens with zero attached hydrogens (tertiary/aromatic N) is 1. The molecule has 0 radical (unpaired) electrons. The number of hydrogen-bond donors (Lipinski definition) is 2. The first-order valence-corrected chi connectivity index (χ1v) is 10.3. The number of halogens is 2. The van der Waals surface area contributed by atoms with Crippen LogP contribution in [-0.2, 0) is 16.6 Å². The summed E-state index contributed by atoms with van der Waals surface area (Å²) in [6.45, 7) is 0.115. The van der Waals surface area contributed by atoms with Gasteiger partial charge in [-0.25, -0.2) is 17.8 Å². The van der Waals surface area contributed by atoms with Gasteiger partial charge in [0.05, 0.1) is 4.90 Å². The molecule has 0 bridgehead atoms. The van der Waals surface area contributed by atoms with Crippen molar-refractivity contribution in [3.05, 3.63) is 76.0 Å². The maximum atomic E-state index is 13.0. The Hall–Kier alpha value is -2.49. The van der Waals surface area contributed by atoms with Gasteiger partial charge in [0, 0.05) is 28.7 Å². The Labute approximate surface area is 164 Å². The molecule has 6 nitrogen and oxygen atoms in total. The summed E-state index contributed by atoms with van der Waals surface area (Å²) >= 11 is 7.08. The molecule has 1 aromatic heterocycles. The van der Waals surface area contributed by atoms with Crippen LogP contribution in [0.3, 0.4) is 0 Å². The van der Waals surface area contributed by atoms with Crippen molar-refractivity contribution in [2.24, 2.45) is 0 Å². The minimum absolute atomic E-state index is 0.0100. The van der Waals surface area contributed by atoms with Crippen LogP contribution in [0.1, 0.15) is 15.9 Å². The highest BCUT2D eigenvalue weighted by Gasteiger charge is 2.16. The Morgan fingerprint density at radius 3 is 2.56 bits per heavy atom. The molecule has 27 heavy (non-hydrogen) atoms. The maximum absolute atomic E-state index is 13.0. The standard InChI is InChI=1S/C17H13ClFN3O3S2/c18-15-9-13(19)4-1-12(15)10-21-16(23)11-2-5-14(6-3-11)27(24,25)22-17-20-7-8-26-17/h1-9H,10H2,(H,20,22)(H,21,23). The number of amides is 1. The highest BCUT2D eigenvalue weighted by molar-refractivity contribution is 7.93. The second-order valence-corrected chi connectivity index (χ2v) is 8.37. The van der Waals surface area contributed by atoms with E-state index in [1.165, 1.54) is 42.6 Å². The molecule has 0 unspecified atom stereocenters. The van der Waals surface area contributed by atoms with Gasteiger partial charge in [-0.3, -0.25) is 9.52 Å². The number of carbonyl (C=O) groups excluding carboxylic acids is 1. The van der Waals surface area contributed by atoms with E-state index in [0.717, 1.165) is 17.4 Å². The van der Waals surface area contributed by atoms with E-state index in [9.17, 15) is 17.6 Å². The first kappa shape index (κ1) is 19.3. The molecule has 1 heterocycles. The fourth-order valence-corrected chi connectivity index (χ4v) is 4.20. The molecule has 10 heteroatoms. The third kappa shape index (κ3) is 4.82. The first-order chi connectivity index (χ1) is 12.8. The van der Waals surface area contributed by atoms with E-state index in [0.29, 0.717) is 5.56 Å². The van der Waals surface area contributed by atoms with Crippen LogP contribution in [0.5, 0.6) is 0 Å². The Morgan fingerprint density at radius 2 is 1.93 bits per heavy atom. The Morgan fingerprint density at radius 1 is 1.19 bits per heavy atom. The molecule has 0 aliphatic carbocycles. The van der Waals surface area contributed by atoms with Gasteiger partial charge in [-0.05, 0) is 42.0 Å². The fourth-order valence-electron chi connectivity index (χ4n) is 2.18. The SMILES string of the molecule is O=C(NCc1ccc(F)cc1Cl)c1ccc(S(=O)(=O)Nc2nccs2)cc1. The smallest absolute Gasteiger partial charge is 0.263 e. The highest BCUT2D eigenvalue weighted by Crippen LogP contribution is 2.19. The molecule has 2 N–H and O–H groups in total.